The van der Waals surface area contributed by atoms with Crippen molar-refractivity contribution in [3.05, 3.63) is 0 Å². The second kappa shape index (κ2) is 6.04. The van der Waals surface area contributed by atoms with Gasteiger partial charge >= 0.3 is 21.6 Å². The van der Waals surface area contributed by atoms with Crippen LogP contribution in [0.15, 0.2) is 0 Å². The first-order valence-electron chi connectivity index (χ1n) is 5.55. The lowest BCUT2D eigenvalue weighted by atomic mass is 10.00. The lowest BCUT2D eigenvalue weighted by molar-refractivity contribution is -0.278. The van der Waals surface area contributed by atoms with Gasteiger partial charge in [0.2, 0.25) is 0 Å². The van der Waals surface area contributed by atoms with E-state index in [1.807, 2.05) is 0 Å². The van der Waals surface area contributed by atoms with Gasteiger partial charge in [-0.05, 0) is 6.92 Å². The molecule has 1 saturated heterocycles. The lowest BCUT2D eigenvalue weighted by Crippen LogP contribution is -2.59. The number of aliphatic hydroxyl groups is 2. The summed E-state index contributed by atoms with van der Waals surface area (Å²) in [6.07, 6.45) is -9.19. The predicted octanol–water partition coefficient (Wildman–Crippen LogP) is -0.749. The van der Waals surface area contributed by atoms with Crippen molar-refractivity contribution in [1.29, 1.82) is 0 Å². The molecule has 1 heterocycles. The summed E-state index contributed by atoms with van der Waals surface area (Å²) in [4.78, 5) is 10.9. The number of rotatable bonds is 3. The van der Waals surface area contributed by atoms with Crippen LogP contribution in [0.2, 0.25) is 0 Å². The Balaban J connectivity index is 3.09. The van der Waals surface area contributed by atoms with Crippen LogP contribution in [0.4, 0.5) is 13.2 Å². The minimum absolute atomic E-state index is 0.868. The van der Waals surface area contributed by atoms with Crippen LogP contribution >= 0.6 is 0 Å². The van der Waals surface area contributed by atoms with E-state index in [-0.39, 0.29) is 0 Å². The summed E-state index contributed by atoms with van der Waals surface area (Å²) >= 11 is 0. The third-order valence-corrected chi connectivity index (χ3v) is 3.64. The molecular weight excluding hydrogens is 325 g/mol. The standard InChI is InChI=1S/C9H13F3O8S/c1-3-5(14)6(20-21(16,17)9(10,11)12)7(8(15)18-3)19-4(2)13/h3,5-8,14-15H,1-2H3/t3-,5-,6-,7+,8+/m0/s1. The number of ether oxygens (including phenoxy) is 2. The highest BCUT2D eigenvalue weighted by Crippen LogP contribution is 2.31. The highest BCUT2D eigenvalue weighted by atomic mass is 32.2. The van der Waals surface area contributed by atoms with Gasteiger partial charge in [0, 0.05) is 6.92 Å². The van der Waals surface area contributed by atoms with Gasteiger partial charge in [-0.1, -0.05) is 0 Å². The number of alkyl halides is 3. The molecule has 0 aromatic rings. The smallest absolute Gasteiger partial charge is 0.454 e. The first kappa shape index (κ1) is 18.1. The van der Waals surface area contributed by atoms with Gasteiger partial charge < -0.3 is 19.7 Å². The number of halogens is 3. The van der Waals surface area contributed by atoms with E-state index in [0.717, 1.165) is 13.8 Å². The molecule has 1 rings (SSSR count). The van der Waals surface area contributed by atoms with Crippen LogP contribution in [0.25, 0.3) is 0 Å². The summed E-state index contributed by atoms with van der Waals surface area (Å²) in [5.74, 6) is -1.04. The molecule has 0 aromatic carbocycles. The third kappa shape index (κ3) is 4.03. The van der Waals surface area contributed by atoms with Crippen LogP contribution in [0.3, 0.4) is 0 Å². The molecular formula is C9H13F3O8S. The molecule has 0 amide bonds. The Morgan fingerprint density at radius 1 is 1.24 bits per heavy atom. The molecule has 0 bridgehead atoms. The Hall–Kier alpha value is -0.950. The van der Waals surface area contributed by atoms with E-state index in [0.29, 0.717) is 0 Å². The first-order chi connectivity index (χ1) is 9.36. The molecule has 21 heavy (non-hydrogen) atoms. The fourth-order valence-corrected chi connectivity index (χ4v) is 2.26. The number of hydrogen-bond donors (Lipinski definition) is 2. The van der Waals surface area contributed by atoms with Crippen LogP contribution in [-0.2, 0) is 28.6 Å². The van der Waals surface area contributed by atoms with Crippen molar-refractivity contribution in [1.82, 2.24) is 0 Å². The van der Waals surface area contributed by atoms with Crippen molar-refractivity contribution in [2.24, 2.45) is 0 Å². The maximum Gasteiger partial charge on any atom is 0.523 e. The Bertz CT molecular complexity index is 490. The second-order valence-corrected chi connectivity index (χ2v) is 5.82. The quantitative estimate of drug-likeness (QED) is 0.392. The van der Waals surface area contributed by atoms with Crippen molar-refractivity contribution in [2.75, 3.05) is 0 Å². The topological polar surface area (TPSA) is 119 Å². The fraction of sp³-hybridized carbons (Fsp3) is 0.889. The zero-order chi connectivity index (χ0) is 16.6. The van der Waals surface area contributed by atoms with Gasteiger partial charge in [-0.2, -0.15) is 21.6 Å². The monoisotopic (exact) mass is 338 g/mol. The van der Waals surface area contributed by atoms with Crippen LogP contribution in [0.5, 0.6) is 0 Å². The summed E-state index contributed by atoms with van der Waals surface area (Å²) in [5.41, 5.74) is -5.74. The zero-order valence-corrected chi connectivity index (χ0v) is 11.6. The Morgan fingerprint density at radius 2 is 1.76 bits per heavy atom. The highest BCUT2D eigenvalue weighted by molar-refractivity contribution is 7.87. The summed E-state index contributed by atoms with van der Waals surface area (Å²) in [6, 6.07) is 0. The summed E-state index contributed by atoms with van der Waals surface area (Å²) in [6.45, 7) is 2.03. The Kier molecular flexibility index (Phi) is 5.21. The highest BCUT2D eigenvalue weighted by Gasteiger charge is 2.54. The molecule has 2 N–H and O–H groups in total. The average Bonchev–Trinajstić information content (AvgIpc) is 2.28. The van der Waals surface area contributed by atoms with Gasteiger partial charge in [-0.15, -0.1) is 0 Å². The van der Waals surface area contributed by atoms with Gasteiger partial charge in [-0.25, -0.2) is 0 Å². The number of aliphatic hydroxyl groups excluding tert-OH is 2. The van der Waals surface area contributed by atoms with Crippen molar-refractivity contribution >= 4 is 16.1 Å². The largest absolute Gasteiger partial charge is 0.523 e. The van der Waals surface area contributed by atoms with Gasteiger partial charge in [-0.3, -0.25) is 8.98 Å². The second-order valence-electron chi connectivity index (χ2n) is 4.26. The van der Waals surface area contributed by atoms with Crippen molar-refractivity contribution in [3.8, 4) is 0 Å². The molecule has 1 fully saturated rings. The number of hydrogen-bond acceptors (Lipinski definition) is 8. The molecule has 1 aliphatic heterocycles. The lowest BCUT2D eigenvalue weighted by Gasteiger charge is -2.40. The zero-order valence-electron chi connectivity index (χ0n) is 10.8. The molecule has 1 aliphatic rings. The number of carbonyl (C=O) groups excluding carboxylic acids is 1. The van der Waals surface area contributed by atoms with E-state index in [1.54, 1.807) is 0 Å². The molecule has 0 saturated carbocycles. The molecule has 0 radical (unpaired) electrons. The maximum absolute atomic E-state index is 12.3. The molecule has 0 aliphatic carbocycles. The summed E-state index contributed by atoms with van der Waals surface area (Å²) < 4.78 is 72.0. The minimum atomic E-state index is -6.06. The fourth-order valence-electron chi connectivity index (χ4n) is 1.63. The van der Waals surface area contributed by atoms with E-state index in [2.05, 4.69) is 8.92 Å². The molecule has 0 aromatic heterocycles. The van der Waals surface area contributed by atoms with E-state index >= 15 is 0 Å². The number of carbonyl (C=O) groups is 1. The van der Waals surface area contributed by atoms with Crippen molar-refractivity contribution in [3.63, 3.8) is 0 Å². The van der Waals surface area contributed by atoms with Crippen LogP contribution in [0, 0.1) is 0 Å². The number of esters is 1. The maximum atomic E-state index is 12.3. The predicted molar refractivity (Wildman–Crippen MR) is 58.0 cm³/mol. The van der Waals surface area contributed by atoms with E-state index in [4.69, 9.17) is 4.74 Å². The van der Waals surface area contributed by atoms with Gasteiger partial charge in [0.1, 0.15) is 12.2 Å². The van der Waals surface area contributed by atoms with Crippen molar-refractivity contribution in [2.45, 2.75) is 50.1 Å². The third-order valence-electron chi connectivity index (χ3n) is 2.60. The van der Waals surface area contributed by atoms with Crippen LogP contribution in [-0.4, -0.2) is 60.8 Å². The normalized spacial score (nSPS) is 34.5. The van der Waals surface area contributed by atoms with E-state index < -0.39 is 52.3 Å². The van der Waals surface area contributed by atoms with Crippen LogP contribution in [0.1, 0.15) is 13.8 Å². The molecule has 8 nitrogen and oxygen atoms in total. The van der Waals surface area contributed by atoms with E-state index in [1.165, 1.54) is 0 Å². The summed E-state index contributed by atoms with van der Waals surface area (Å²) in [5, 5.41) is 19.2. The Labute approximate surface area is 117 Å². The Morgan fingerprint density at radius 3 is 2.19 bits per heavy atom. The minimum Gasteiger partial charge on any atom is -0.454 e. The van der Waals surface area contributed by atoms with Gasteiger partial charge in [0.05, 0.1) is 6.10 Å². The molecule has 0 unspecified atom stereocenters. The van der Waals surface area contributed by atoms with Crippen LogP contribution < -0.4 is 0 Å². The van der Waals surface area contributed by atoms with Gasteiger partial charge in [0.25, 0.3) is 0 Å². The average molecular weight is 338 g/mol. The molecule has 124 valence electrons. The molecule has 0 spiro atoms. The summed E-state index contributed by atoms with van der Waals surface area (Å²) in [7, 11) is -6.06. The van der Waals surface area contributed by atoms with Gasteiger partial charge in [0.15, 0.2) is 12.4 Å². The van der Waals surface area contributed by atoms with Crippen molar-refractivity contribution < 1.29 is 50.3 Å². The SMILES string of the molecule is CC(=O)O[C@@H]1[C@@H](OS(=O)(=O)C(F)(F)F)[C@@H](O)[C@H](C)O[C@H]1O. The first-order valence-corrected chi connectivity index (χ1v) is 6.96. The molecule has 12 heteroatoms. The van der Waals surface area contributed by atoms with E-state index in [9.17, 15) is 36.6 Å². The molecule has 5 atom stereocenters.